The molecule has 0 spiro atoms. The Morgan fingerprint density at radius 3 is 2.50 bits per heavy atom. The van der Waals surface area contributed by atoms with Gasteiger partial charge in [0, 0.05) is 5.39 Å². The molecule has 0 saturated carbocycles. The largest absolute Gasteiger partial charge is 0.478 e. The second-order valence-electron chi connectivity index (χ2n) is 5.71. The van der Waals surface area contributed by atoms with Gasteiger partial charge in [0.25, 0.3) is 0 Å². The average Bonchev–Trinajstić information content (AvgIpc) is 3.13. The zero-order valence-electron chi connectivity index (χ0n) is 12.3. The average molecular weight is 332 g/mol. The molecule has 24 heavy (non-hydrogen) atoms. The van der Waals surface area contributed by atoms with Gasteiger partial charge >= 0.3 is 12.1 Å². The van der Waals surface area contributed by atoms with Crippen molar-refractivity contribution >= 4 is 16.7 Å². The van der Waals surface area contributed by atoms with Crippen molar-refractivity contribution in [1.29, 1.82) is 0 Å². The quantitative estimate of drug-likeness (QED) is 0.776. The summed E-state index contributed by atoms with van der Waals surface area (Å²) in [5.41, 5.74) is 0.281. The number of carbonyl (C=O) groups is 1. The van der Waals surface area contributed by atoms with Gasteiger partial charge in [-0.25, -0.2) is 9.48 Å². The summed E-state index contributed by atoms with van der Waals surface area (Å²) in [7, 11) is 0. The molecule has 1 aliphatic carbocycles. The van der Waals surface area contributed by atoms with Gasteiger partial charge < -0.3 is 5.11 Å². The van der Waals surface area contributed by atoms with Gasteiger partial charge in [0.2, 0.25) is 0 Å². The minimum atomic E-state index is -4.83. The van der Waals surface area contributed by atoms with Crippen LogP contribution in [0, 0.1) is 0 Å². The number of aromatic carboxylic acids is 1. The van der Waals surface area contributed by atoms with Crippen molar-refractivity contribution in [3.63, 3.8) is 0 Å². The molecule has 0 unspecified atom stereocenters. The summed E-state index contributed by atoms with van der Waals surface area (Å²) in [6.45, 7) is 0. The summed E-state index contributed by atoms with van der Waals surface area (Å²) in [6, 6.07) is 8.85. The highest BCUT2D eigenvalue weighted by molar-refractivity contribution is 5.97. The number of carboxylic acid groups (broad SMARTS) is 1. The van der Waals surface area contributed by atoms with E-state index in [4.69, 9.17) is 5.11 Å². The second-order valence-corrected chi connectivity index (χ2v) is 5.71. The summed E-state index contributed by atoms with van der Waals surface area (Å²) >= 11 is 0. The van der Waals surface area contributed by atoms with Crippen molar-refractivity contribution in [2.45, 2.75) is 19.0 Å². The van der Waals surface area contributed by atoms with Crippen molar-refractivity contribution in [2.24, 2.45) is 0 Å². The first-order valence-corrected chi connectivity index (χ1v) is 7.30. The van der Waals surface area contributed by atoms with Gasteiger partial charge in [-0.15, -0.1) is 0 Å². The smallest absolute Gasteiger partial charge is 0.434 e. The third-order valence-electron chi connectivity index (χ3n) is 4.35. The van der Waals surface area contributed by atoms with Crippen molar-refractivity contribution < 1.29 is 23.1 Å². The molecular weight excluding hydrogens is 321 g/mol. The molecule has 7 heteroatoms. The zero-order chi connectivity index (χ0) is 17.1. The van der Waals surface area contributed by atoms with Crippen LogP contribution in [0.5, 0.6) is 0 Å². The van der Waals surface area contributed by atoms with E-state index < -0.39 is 23.4 Å². The molecule has 0 atom stereocenters. The van der Waals surface area contributed by atoms with E-state index in [1.807, 2.05) is 6.07 Å². The second kappa shape index (κ2) is 4.83. The Balaban J connectivity index is 2.06. The van der Waals surface area contributed by atoms with Crippen LogP contribution in [-0.4, -0.2) is 20.9 Å². The number of halogens is 3. The number of alkyl halides is 3. The van der Waals surface area contributed by atoms with Crippen LogP contribution in [0.25, 0.3) is 16.5 Å². The number of aryl methyl sites for hydroxylation is 2. The number of rotatable bonds is 2. The summed E-state index contributed by atoms with van der Waals surface area (Å²) < 4.78 is 41.0. The Bertz CT molecular complexity index is 979. The zero-order valence-corrected chi connectivity index (χ0v) is 12.3. The van der Waals surface area contributed by atoms with Crippen LogP contribution in [0.1, 0.15) is 27.2 Å². The van der Waals surface area contributed by atoms with E-state index in [1.54, 1.807) is 24.3 Å². The van der Waals surface area contributed by atoms with Crippen LogP contribution < -0.4 is 0 Å². The first kappa shape index (κ1) is 14.7. The lowest BCUT2D eigenvalue weighted by Crippen LogP contribution is -2.17. The predicted octanol–water partition coefficient (Wildman–Crippen LogP) is 3.84. The molecule has 0 amide bonds. The van der Waals surface area contributed by atoms with Gasteiger partial charge in [0.15, 0.2) is 5.69 Å². The lowest BCUT2D eigenvalue weighted by Gasteiger charge is -2.14. The molecule has 2 aromatic carbocycles. The third-order valence-corrected chi connectivity index (χ3v) is 4.35. The fourth-order valence-corrected chi connectivity index (χ4v) is 3.38. The van der Waals surface area contributed by atoms with Gasteiger partial charge in [-0.1, -0.05) is 24.3 Å². The fourth-order valence-electron chi connectivity index (χ4n) is 3.38. The van der Waals surface area contributed by atoms with Gasteiger partial charge in [-0.05, 0) is 35.4 Å². The minimum Gasteiger partial charge on any atom is -0.478 e. The molecule has 1 aromatic heterocycles. The molecule has 4 rings (SSSR count). The molecule has 0 saturated heterocycles. The number of aromatic nitrogens is 2. The summed E-state index contributed by atoms with van der Waals surface area (Å²) in [6.07, 6.45) is -2.38. The normalized spacial score (nSPS) is 13.6. The Morgan fingerprint density at radius 1 is 1.12 bits per heavy atom. The van der Waals surface area contributed by atoms with Gasteiger partial charge in [-0.3, -0.25) is 0 Å². The first-order chi connectivity index (χ1) is 11.4. The Morgan fingerprint density at radius 2 is 1.83 bits per heavy atom. The van der Waals surface area contributed by atoms with Crippen LogP contribution in [0.4, 0.5) is 13.2 Å². The van der Waals surface area contributed by atoms with E-state index in [1.165, 1.54) is 0 Å². The van der Waals surface area contributed by atoms with Crippen molar-refractivity contribution in [3.05, 3.63) is 58.9 Å². The fraction of sp³-hybridized carbons (Fsp3) is 0.176. The van der Waals surface area contributed by atoms with Crippen LogP contribution in [0.15, 0.2) is 36.5 Å². The van der Waals surface area contributed by atoms with E-state index >= 15 is 0 Å². The summed E-state index contributed by atoms with van der Waals surface area (Å²) in [4.78, 5) is 11.1. The number of nitrogens with zero attached hydrogens (tertiary/aromatic N) is 2. The molecule has 0 fully saturated rings. The summed E-state index contributed by atoms with van der Waals surface area (Å²) in [5.74, 6) is -1.65. The van der Waals surface area contributed by atoms with Crippen molar-refractivity contribution in [1.82, 2.24) is 9.78 Å². The first-order valence-electron chi connectivity index (χ1n) is 7.30. The van der Waals surface area contributed by atoms with E-state index in [0.29, 0.717) is 10.1 Å². The number of hydrogen-bond donors (Lipinski definition) is 1. The van der Waals surface area contributed by atoms with Gasteiger partial charge in [0.1, 0.15) is 5.56 Å². The maximum Gasteiger partial charge on any atom is 0.434 e. The molecule has 1 aliphatic rings. The minimum absolute atomic E-state index is 0.234. The lowest BCUT2D eigenvalue weighted by atomic mass is 10.0. The predicted molar refractivity (Wildman–Crippen MR) is 80.4 cm³/mol. The van der Waals surface area contributed by atoms with E-state index in [2.05, 4.69) is 5.10 Å². The van der Waals surface area contributed by atoms with E-state index in [-0.39, 0.29) is 5.69 Å². The van der Waals surface area contributed by atoms with Gasteiger partial charge in [-0.2, -0.15) is 18.3 Å². The Labute approximate surface area is 134 Å². The molecular formula is C17H11F3N2O2. The van der Waals surface area contributed by atoms with Crippen LogP contribution in [-0.2, 0) is 19.0 Å². The monoisotopic (exact) mass is 332 g/mol. The molecule has 0 bridgehead atoms. The molecule has 0 aliphatic heterocycles. The maximum atomic E-state index is 13.4. The third kappa shape index (κ3) is 2.01. The maximum absolute atomic E-state index is 13.4. The van der Waals surface area contributed by atoms with Crippen LogP contribution in [0.2, 0.25) is 0 Å². The lowest BCUT2D eigenvalue weighted by molar-refractivity contribution is -0.143. The SMILES string of the molecule is O=C(O)c1cnn(-c2ccc3c4c(cccc24)CC3)c1C(F)(F)F. The molecule has 4 nitrogen and oxygen atoms in total. The summed E-state index contributed by atoms with van der Waals surface area (Å²) in [5, 5.41) is 14.4. The number of benzene rings is 2. The molecule has 1 heterocycles. The van der Waals surface area contributed by atoms with Gasteiger partial charge in [0.05, 0.1) is 11.9 Å². The Kier molecular flexibility index (Phi) is 2.97. The van der Waals surface area contributed by atoms with E-state index in [9.17, 15) is 18.0 Å². The van der Waals surface area contributed by atoms with Crippen molar-refractivity contribution in [3.8, 4) is 5.69 Å². The van der Waals surface area contributed by atoms with Crippen molar-refractivity contribution in [2.75, 3.05) is 0 Å². The van der Waals surface area contributed by atoms with E-state index in [0.717, 1.165) is 35.6 Å². The molecule has 3 aromatic rings. The molecule has 0 radical (unpaired) electrons. The number of carboxylic acids is 1. The molecule has 1 N–H and O–H groups in total. The number of hydrogen-bond acceptors (Lipinski definition) is 2. The highest BCUT2D eigenvalue weighted by atomic mass is 19.4. The highest BCUT2D eigenvalue weighted by Crippen LogP contribution is 2.38. The standard InChI is InChI=1S/C17H11F3N2O2/c18-17(19,20)15-12(16(23)24)8-21-22(15)13-7-6-10-5-4-9-2-1-3-11(13)14(9)10/h1-3,6-8H,4-5H2,(H,23,24). The highest BCUT2D eigenvalue weighted by Gasteiger charge is 2.41. The van der Waals surface area contributed by atoms with Crippen LogP contribution in [0.3, 0.4) is 0 Å². The topological polar surface area (TPSA) is 55.1 Å². The Hall–Kier alpha value is -2.83. The molecule has 122 valence electrons. The van der Waals surface area contributed by atoms with Crippen LogP contribution >= 0.6 is 0 Å².